The van der Waals surface area contributed by atoms with E-state index < -0.39 is 0 Å². The summed E-state index contributed by atoms with van der Waals surface area (Å²) in [6.07, 6.45) is 5.55. The Morgan fingerprint density at radius 1 is 1.36 bits per heavy atom. The van der Waals surface area contributed by atoms with E-state index in [1.54, 1.807) is 0 Å². The van der Waals surface area contributed by atoms with E-state index in [4.69, 9.17) is 4.79 Å². The highest BCUT2D eigenvalue weighted by Crippen LogP contribution is 2.08. The molecule has 0 N–H and O–H groups in total. The van der Waals surface area contributed by atoms with Crippen molar-refractivity contribution in [1.29, 1.82) is 0 Å². The number of carbonyl (C=O) groups excluding carboxylic acids is 2. The molecule has 2 nitrogen and oxygen atoms in total. The average Bonchev–Trinajstić information content (AvgIpc) is 2.10. The van der Waals surface area contributed by atoms with E-state index >= 15 is 0 Å². The molecule has 0 aliphatic heterocycles. The van der Waals surface area contributed by atoms with Crippen LogP contribution in [0.3, 0.4) is 0 Å². The maximum absolute atomic E-state index is 10.2. The zero-order valence-electron chi connectivity index (χ0n) is 7.51. The quantitative estimate of drug-likeness (QED) is 0.575. The topological polar surface area (TPSA) is 34.1 Å². The molecule has 0 aromatic heterocycles. The van der Waals surface area contributed by atoms with Crippen molar-refractivity contribution < 1.29 is 9.59 Å². The molecule has 0 amide bonds. The van der Waals surface area contributed by atoms with Crippen LogP contribution in [0.4, 0.5) is 0 Å². The van der Waals surface area contributed by atoms with E-state index in [1.165, 1.54) is 12.8 Å². The van der Waals surface area contributed by atoms with Crippen LogP contribution in [-0.4, -0.2) is 13.1 Å². The number of aldehydes is 1. The van der Waals surface area contributed by atoms with E-state index in [0.29, 0.717) is 5.92 Å². The lowest BCUT2D eigenvalue weighted by atomic mass is 10.0. The summed E-state index contributed by atoms with van der Waals surface area (Å²) in [6, 6.07) is 0. The van der Waals surface area contributed by atoms with Crippen molar-refractivity contribution in [3.63, 3.8) is 0 Å². The first kappa shape index (κ1) is 13.0. The molecule has 0 aromatic rings. The van der Waals surface area contributed by atoms with Crippen LogP contribution in [0.1, 0.15) is 39.5 Å². The Morgan fingerprint density at radius 3 is 2.18 bits per heavy atom. The molecule has 11 heavy (non-hydrogen) atoms. The molecular weight excluding hydrogens is 140 g/mol. The van der Waals surface area contributed by atoms with Crippen LogP contribution in [0.5, 0.6) is 0 Å². The van der Waals surface area contributed by atoms with Gasteiger partial charge < -0.3 is 9.59 Å². The first-order valence-corrected chi connectivity index (χ1v) is 4.09. The van der Waals surface area contributed by atoms with Crippen LogP contribution in [0, 0.1) is 5.92 Å². The van der Waals surface area contributed by atoms with Crippen molar-refractivity contribution in [2.75, 3.05) is 0 Å². The van der Waals surface area contributed by atoms with Gasteiger partial charge in [-0.3, -0.25) is 0 Å². The van der Waals surface area contributed by atoms with Gasteiger partial charge >= 0.3 is 0 Å². The van der Waals surface area contributed by atoms with Crippen LogP contribution < -0.4 is 0 Å². The monoisotopic (exact) mass is 158 g/mol. The summed E-state index contributed by atoms with van der Waals surface area (Å²) in [4.78, 5) is 18.2. The Bertz CT molecular complexity index is 81.6. The van der Waals surface area contributed by atoms with Crippen LogP contribution in [0.15, 0.2) is 0 Å². The van der Waals surface area contributed by atoms with E-state index in [0.717, 1.165) is 19.1 Å². The molecule has 1 atom stereocenters. The van der Waals surface area contributed by atoms with Gasteiger partial charge in [0.1, 0.15) is 13.1 Å². The minimum Gasteiger partial charge on any atom is -0.307 e. The molecule has 66 valence electrons. The van der Waals surface area contributed by atoms with E-state index in [9.17, 15) is 4.79 Å². The van der Waals surface area contributed by atoms with Gasteiger partial charge in [0.05, 0.1) is 0 Å². The largest absolute Gasteiger partial charge is 0.307 e. The molecule has 0 bridgehead atoms. The number of hydrogen-bond donors (Lipinski definition) is 0. The zero-order chi connectivity index (χ0) is 9.11. The van der Waals surface area contributed by atoms with Crippen LogP contribution in [0.2, 0.25) is 0 Å². The Morgan fingerprint density at radius 2 is 1.91 bits per heavy atom. The number of unbranched alkanes of at least 4 members (excludes halogenated alkanes) is 1. The summed E-state index contributed by atoms with van der Waals surface area (Å²) in [6.45, 7) is 6.21. The van der Waals surface area contributed by atoms with Gasteiger partial charge in [0.15, 0.2) is 0 Å². The van der Waals surface area contributed by atoms with Gasteiger partial charge in [-0.1, -0.05) is 26.7 Å². The van der Waals surface area contributed by atoms with Crippen LogP contribution in [0.25, 0.3) is 0 Å². The normalized spacial score (nSPS) is 11.1. The maximum Gasteiger partial charge on any atom is 0.123 e. The van der Waals surface area contributed by atoms with Gasteiger partial charge in [-0.05, 0) is 12.8 Å². The number of rotatable bonds is 5. The maximum atomic E-state index is 10.2. The van der Waals surface area contributed by atoms with Crippen molar-refractivity contribution in [3.8, 4) is 0 Å². The van der Waals surface area contributed by atoms with Crippen LogP contribution in [-0.2, 0) is 9.59 Å². The first-order valence-electron chi connectivity index (χ1n) is 4.09. The second-order valence-corrected chi connectivity index (χ2v) is 2.45. The molecule has 1 unspecified atom stereocenters. The predicted octanol–water partition coefficient (Wildman–Crippen LogP) is 2.22. The van der Waals surface area contributed by atoms with Gasteiger partial charge in [-0.15, -0.1) is 0 Å². The molecule has 0 radical (unpaired) electrons. The third kappa shape index (κ3) is 9.34. The standard InChI is InChI=1S/C8H16O.CH2O/c1-3-5-6-8(4-2)7-9;1-2/h7-8H,3-6H2,1-2H3;1H2. The van der Waals surface area contributed by atoms with Gasteiger partial charge in [-0.25, -0.2) is 0 Å². The van der Waals surface area contributed by atoms with Crippen molar-refractivity contribution in [1.82, 2.24) is 0 Å². The third-order valence-electron chi connectivity index (χ3n) is 1.65. The van der Waals surface area contributed by atoms with E-state index in [1.807, 2.05) is 6.79 Å². The lowest BCUT2D eigenvalue weighted by molar-refractivity contribution is -0.111. The smallest absolute Gasteiger partial charge is 0.123 e. The Balaban J connectivity index is 0. The lowest BCUT2D eigenvalue weighted by Crippen LogP contribution is -1.98. The molecule has 0 fully saturated rings. The Hall–Kier alpha value is -0.660. The SMILES string of the molecule is C=O.CCCCC(C=O)CC. The summed E-state index contributed by atoms with van der Waals surface area (Å²) in [5.74, 6) is 0.324. The fraction of sp³-hybridized carbons (Fsp3) is 0.778. The van der Waals surface area contributed by atoms with Crippen LogP contribution >= 0.6 is 0 Å². The van der Waals surface area contributed by atoms with E-state index in [-0.39, 0.29) is 0 Å². The molecule has 0 spiro atoms. The zero-order valence-corrected chi connectivity index (χ0v) is 7.51. The van der Waals surface area contributed by atoms with Gasteiger partial charge in [0, 0.05) is 5.92 Å². The van der Waals surface area contributed by atoms with Gasteiger partial charge in [0.25, 0.3) is 0 Å². The van der Waals surface area contributed by atoms with Gasteiger partial charge in [0.2, 0.25) is 0 Å². The number of carbonyl (C=O) groups is 2. The lowest BCUT2D eigenvalue weighted by Gasteiger charge is -2.03. The highest BCUT2D eigenvalue weighted by Gasteiger charge is 2.01. The minimum absolute atomic E-state index is 0.324. The van der Waals surface area contributed by atoms with Crippen molar-refractivity contribution >= 4 is 13.1 Å². The van der Waals surface area contributed by atoms with E-state index in [2.05, 4.69) is 13.8 Å². The molecule has 0 heterocycles. The summed E-state index contributed by atoms with van der Waals surface area (Å²) in [7, 11) is 0. The average molecular weight is 158 g/mol. The molecule has 0 aromatic carbocycles. The summed E-state index contributed by atoms with van der Waals surface area (Å²) in [5.41, 5.74) is 0. The molecular formula is C9H18O2. The molecule has 0 rings (SSSR count). The second kappa shape index (κ2) is 12.1. The minimum atomic E-state index is 0.324. The van der Waals surface area contributed by atoms with Crippen molar-refractivity contribution in [2.45, 2.75) is 39.5 Å². The molecule has 0 saturated heterocycles. The first-order chi connectivity index (χ1) is 5.35. The fourth-order valence-electron chi connectivity index (χ4n) is 0.835. The Labute approximate surface area is 69.0 Å². The van der Waals surface area contributed by atoms with Gasteiger partial charge in [-0.2, -0.15) is 0 Å². The highest BCUT2D eigenvalue weighted by molar-refractivity contribution is 5.53. The molecule has 2 heteroatoms. The highest BCUT2D eigenvalue weighted by atomic mass is 16.1. The fourth-order valence-corrected chi connectivity index (χ4v) is 0.835. The molecule has 0 aliphatic carbocycles. The summed E-state index contributed by atoms with van der Waals surface area (Å²) < 4.78 is 0. The molecule has 0 saturated carbocycles. The third-order valence-corrected chi connectivity index (χ3v) is 1.65. The molecule has 0 aliphatic rings. The van der Waals surface area contributed by atoms with Crippen molar-refractivity contribution in [3.05, 3.63) is 0 Å². The number of hydrogen-bond acceptors (Lipinski definition) is 2. The van der Waals surface area contributed by atoms with Crippen molar-refractivity contribution in [2.24, 2.45) is 5.92 Å². The predicted molar refractivity (Wildman–Crippen MR) is 46.5 cm³/mol. The second-order valence-electron chi connectivity index (χ2n) is 2.45. The summed E-state index contributed by atoms with van der Waals surface area (Å²) in [5, 5.41) is 0. The Kier molecular flexibility index (Phi) is 14.2. The summed E-state index contributed by atoms with van der Waals surface area (Å²) >= 11 is 0.